The van der Waals surface area contributed by atoms with E-state index in [2.05, 4.69) is 10.6 Å². The number of rotatable bonds is 5. The van der Waals surface area contributed by atoms with Gasteiger partial charge in [0, 0.05) is 24.7 Å². The molecule has 0 saturated carbocycles. The van der Waals surface area contributed by atoms with Gasteiger partial charge in [0.05, 0.1) is 5.60 Å². The summed E-state index contributed by atoms with van der Waals surface area (Å²) in [5, 5.41) is 16.1. The average molecular weight is 212 g/mol. The molecule has 0 amide bonds. The number of nitrogens with one attached hydrogen (secondary N) is 2. The maximum atomic E-state index is 9.95. The lowest BCUT2D eigenvalue weighted by atomic mass is 10.0. The molecular formula is C11H20N2O2. The van der Waals surface area contributed by atoms with Crippen LogP contribution in [0.2, 0.25) is 0 Å². The third-order valence-corrected chi connectivity index (χ3v) is 2.08. The Morgan fingerprint density at radius 3 is 2.33 bits per heavy atom. The molecule has 86 valence electrons. The van der Waals surface area contributed by atoms with Crippen molar-refractivity contribution in [1.29, 1.82) is 0 Å². The van der Waals surface area contributed by atoms with E-state index in [9.17, 15) is 5.11 Å². The Hall–Kier alpha value is -1.16. The molecule has 4 nitrogen and oxygen atoms in total. The van der Waals surface area contributed by atoms with Crippen LogP contribution in [-0.4, -0.2) is 18.2 Å². The van der Waals surface area contributed by atoms with Gasteiger partial charge in [0.2, 0.25) is 5.88 Å². The molecule has 0 aliphatic rings. The van der Waals surface area contributed by atoms with Gasteiger partial charge in [-0.05, 0) is 27.7 Å². The zero-order valence-corrected chi connectivity index (χ0v) is 9.85. The average Bonchev–Trinajstić information content (AvgIpc) is 2.49. The van der Waals surface area contributed by atoms with E-state index in [-0.39, 0.29) is 0 Å². The van der Waals surface area contributed by atoms with Crippen LogP contribution < -0.4 is 10.6 Å². The van der Waals surface area contributed by atoms with Crippen LogP contribution in [0, 0.1) is 0 Å². The van der Waals surface area contributed by atoms with Crippen LogP contribution in [0.1, 0.15) is 33.3 Å². The number of aliphatic hydroxyl groups is 1. The minimum atomic E-state index is -0.894. The number of furan rings is 1. The molecule has 0 fully saturated rings. The highest BCUT2D eigenvalue weighted by atomic mass is 16.4. The number of hydrogen-bond donors (Lipinski definition) is 3. The van der Waals surface area contributed by atoms with Crippen LogP contribution in [-0.2, 0) is 5.60 Å². The summed E-state index contributed by atoms with van der Waals surface area (Å²) in [5.74, 6) is 1.33. The van der Waals surface area contributed by atoms with E-state index in [1.807, 2.05) is 19.9 Å². The summed E-state index contributed by atoms with van der Waals surface area (Å²) >= 11 is 0. The van der Waals surface area contributed by atoms with Gasteiger partial charge in [-0.3, -0.25) is 0 Å². The van der Waals surface area contributed by atoms with Crippen molar-refractivity contribution in [3.05, 3.63) is 11.6 Å². The lowest BCUT2D eigenvalue weighted by Gasteiger charge is -2.16. The highest BCUT2D eigenvalue weighted by Crippen LogP contribution is 2.33. The second-order valence-electron chi connectivity index (χ2n) is 3.97. The van der Waals surface area contributed by atoms with E-state index < -0.39 is 5.60 Å². The minimum Gasteiger partial charge on any atom is -0.425 e. The van der Waals surface area contributed by atoms with Crippen molar-refractivity contribution >= 4 is 11.8 Å². The Morgan fingerprint density at radius 2 is 1.87 bits per heavy atom. The van der Waals surface area contributed by atoms with Gasteiger partial charge in [0.25, 0.3) is 0 Å². The van der Waals surface area contributed by atoms with Gasteiger partial charge in [-0.15, -0.1) is 0 Å². The summed E-state index contributed by atoms with van der Waals surface area (Å²) in [6, 6.07) is 1.83. The molecule has 0 atom stereocenters. The van der Waals surface area contributed by atoms with Gasteiger partial charge < -0.3 is 20.2 Å². The van der Waals surface area contributed by atoms with E-state index in [1.165, 1.54) is 0 Å². The molecule has 0 unspecified atom stereocenters. The third kappa shape index (κ3) is 2.89. The molecule has 0 aromatic carbocycles. The Balaban J connectivity index is 3.00. The zero-order chi connectivity index (χ0) is 11.5. The lowest BCUT2D eigenvalue weighted by Crippen LogP contribution is -2.16. The predicted molar refractivity (Wildman–Crippen MR) is 62.3 cm³/mol. The van der Waals surface area contributed by atoms with Crippen molar-refractivity contribution in [2.75, 3.05) is 23.7 Å². The Bertz CT molecular complexity index is 313. The maximum absolute atomic E-state index is 9.95. The molecular weight excluding hydrogens is 192 g/mol. The van der Waals surface area contributed by atoms with E-state index in [1.54, 1.807) is 13.8 Å². The summed E-state index contributed by atoms with van der Waals surface area (Å²) in [4.78, 5) is 0. The minimum absolute atomic E-state index is 0.640. The Morgan fingerprint density at radius 1 is 1.27 bits per heavy atom. The van der Waals surface area contributed by atoms with Crippen LogP contribution in [0.3, 0.4) is 0 Å². The van der Waals surface area contributed by atoms with Crippen LogP contribution >= 0.6 is 0 Å². The summed E-state index contributed by atoms with van der Waals surface area (Å²) in [6.45, 7) is 9.04. The summed E-state index contributed by atoms with van der Waals surface area (Å²) in [7, 11) is 0. The summed E-state index contributed by atoms with van der Waals surface area (Å²) in [5.41, 5.74) is -0.116. The smallest absolute Gasteiger partial charge is 0.201 e. The van der Waals surface area contributed by atoms with Crippen LogP contribution in [0.25, 0.3) is 0 Å². The van der Waals surface area contributed by atoms with Gasteiger partial charge in [0.1, 0.15) is 0 Å². The lowest BCUT2D eigenvalue weighted by molar-refractivity contribution is 0.0789. The second kappa shape index (κ2) is 4.57. The highest BCUT2D eigenvalue weighted by molar-refractivity contribution is 5.53. The molecule has 3 N–H and O–H groups in total. The fraction of sp³-hybridized carbons (Fsp3) is 0.636. The summed E-state index contributed by atoms with van der Waals surface area (Å²) < 4.78 is 5.54. The fourth-order valence-corrected chi connectivity index (χ4v) is 1.40. The van der Waals surface area contributed by atoms with Crippen molar-refractivity contribution in [1.82, 2.24) is 0 Å². The van der Waals surface area contributed by atoms with Gasteiger partial charge in [0.15, 0.2) is 5.88 Å². The third-order valence-electron chi connectivity index (χ3n) is 2.08. The largest absolute Gasteiger partial charge is 0.425 e. The first-order valence-electron chi connectivity index (χ1n) is 5.33. The van der Waals surface area contributed by atoms with Crippen molar-refractivity contribution in [3.63, 3.8) is 0 Å². The monoisotopic (exact) mass is 212 g/mol. The SMILES string of the molecule is CCNc1cc(C(C)(C)O)c(NCC)o1. The highest BCUT2D eigenvalue weighted by Gasteiger charge is 2.24. The van der Waals surface area contributed by atoms with Crippen molar-refractivity contribution < 1.29 is 9.52 Å². The van der Waals surface area contributed by atoms with E-state index in [4.69, 9.17) is 4.42 Å². The van der Waals surface area contributed by atoms with E-state index in [0.717, 1.165) is 18.7 Å². The predicted octanol–water partition coefficient (Wildman–Crippen LogP) is 2.37. The zero-order valence-electron chi connectivity index (χ0n) is 9.85. The number of hydrogen-bond acceptors (Lipinski definition) is 4. The maximum Gasteiger partial charge on any atom is 0.201 e. The second-order valence-corrected chi connectivity index (χ2v) is 3.97. The first-order valence-corrected chi connectivity index (χ1v) is 5.33. The van der Waals surface area contributed by atoms with Crippen molar-refractivity contribution in [3.8, 4) is 0 Å². The van der Waals surface area contributed by atoms with Crippen molar-refractivity contribution in [2.45, 2.75) is 33.3 Å². The standard InChI is InChI=1S/C11H20N2O2/c1-5-12-9-7-8(11(3,4)14)10(15-9)13-6-2/h7,12-14H,5-6H2,1-4H3. The first kappa shape index (κ1) is 11.9. The molecule has 0 radical (unpaired) electrons. The van der Waals surface area contributed by atoms with E-state index in [0.29, 0.717) is 11.8 Å². The molecule has 0 aliphatic heterocycles. The molecule has 1 rings (SSSR count). The summed E-state index contributed by atoms with van der Waals surface area (Å²) in [6.07, 6.45) is 0. The molecule has 4 heteroatoms. The molecule has 0 bridgehead atoms. The Kier molecular flexibility index (Phi) is 3.63. The molecule has 1 aromatic heterocycles. The van der Waals surface area contributed by atoms with Gasteiger partial charge in [-0.1, -0.05) is 0 Å². The molecule has 1 aromatic rings. The van der Waals surface area contributed by atoms with Crippen LogP contribution in [0.4, 0.5) is 11.8 Å². The number of anilines is 2. The van der Waals surface area contributed by atoms with Gasteiger partial charge in [-0.2, -0.15) is 0 Å². The molecule has 1 heterocycles. The van der Waals surface area contributed by atoms with Gasteiger partial charge in [-0.25, -0.2) is 0 Å². The first-order chi connectivity index (χ1) is 6.99. The normalized spacial score (nSPS) is 11.5. The molecule has 15 heavy (non-hydrogen) atoms. The fourth-order valence-electron chi connectivity index (χ4n) is 1.40. The topological polar surface area (TPSA) is 57.4 Å². The van der Waals surface area contributed by atoms with Gasteiger partial charge >= 0.3 is 0 Å². The van der Waals surface area contributed by atoms with Crippen LogP contribution in [0.15, 0.2) is 10.5 Å². The molecule has 0 saturated heterocycles. The van der Waals surface area contributed by atoms with Crippen molar-refractivity contribution in [2.24, 2.45) is 0 Å². The quantitative estimate of drug-likeness (QED) is 0.701. The molecule has 0 aliphatic carbocycles. The van der Waals surface area contributed by atoms with E-state index >= 15 is 0 Å². The molecule has 0 spiro atoms. The Labute approximate surface area is 90.7 Å². The van der Waals surface area contributed by atoms with Crippen LogP contribution in [0.5, 0.6) is 0 Å².